The van der Waals surface area contributed by atoms with E-state index in [9.17, 15) is 0 Å². The second kappa shape index (κ2) is 4.39. The summed E-state index contributed by atoms with van der Waals surface area (Å²) in [6.07, 6.45) is 1.85. The molecule has 16 heavy (non-hydrogen) atoms. The van der Waals surface area contributed by atoms with Crippen molar-refractivity contribution in [1.82, 2.24) is 9.88 Å². The van der Waals surface area contributed by atoms with Crippen LogP contribution >= 0.6 is 0 Å². The number of ether oxygens (including phenoxy) is 1. The van der Waals surface area contributed by atoms with Crippen LogP contribution < -0.4 is 5.73 Å². The van der Waals surface area contributed by atoms with E-state index >= 15 is 0 Å². The fraction of sp³-hybridized carbons (Fsp3) is 0.583. The Bertz CT molecular complexity index is 348. The summed E-state index contributed by atoms with van der Waals surface area (Å²) in [5.41, 5.74) is 6.72. The molecule has 0 unspecified atom stereocenters. The second-order valence-electron chi connectivity index (χ2n) is 4.91. The molecule has 0 radical (unpaired) electrons. The van der Waals surface area contributed by atoms with Gasteiger partial charge in [0.05, 0.1) is 12.2 Å². The monoisotopic (exact) mass is 221 g/mol. The molecule has 4 heteroatoms. The van der Waals surface area contributed by atoms with Crippen LogP contribution in [-0.4, -0.2) is 35.2 Å². The Morgan fingerprint density at radius 3 is 2.94 bits per heavy atom. The van der Waals surface area contributed by atoms with E-state index in [4.69, 9.17) is 10.5 Å². The van der Waals surface area contributed by atoms with Crippen LogP contribution in [0.3, 0.4) is 0 Å². The summed E-state index contributed by atoms with van der Waals surface area (Å²) < 4.78 is 5.68. The SMILES string of the molecule is CC1(C)CN(Cc2ccc(N)nc2)CCO1. The number of nitrogens with two attached hydrogens (primary N) is 1. The smallest absolute Gasteiger partial charge is 0.123 e. The van der Waals surface area contributed by atoms with Gasteiger partial charge < -0.3 is 10.5 Å². The third-order valence-electron chi connectivity index (χ3n) is 2.76. The number of aromatic nitrogens is 1. The molecular weight excluding hydrogens is 202 g/mol. The highest BCUT2D eigenvalue weighted by atomic mass is 16.5. The van der Waals surface area contributed by atoms with Gasteiger partial charge in [-0.3, -0.25) is 4.90 Å². The summed E-state index contributed by atoms with van der Waals surface area (Å²) in [4.78, 5) is 6.49. The highest BCUT2D eigenvalue weighted by molar-refractivity contribution is 5.29. The van der Waals surface area contributed by atoms with Crippen LogP contribution in [0.2, 0.25) is 0 Å². The number of nitrogens with zero attached hydrogens (tertiary/aromatic N) is 2. The van der Waals surface area contributed by atoms with Gasteiger partial charge in [-0.1, -0.05) is 6.07 Å². The maximum atomic E-state index is 5.68. The van der Waals surface area contributed by atoms with Gasteiger partial charge in [-0.25, -0.2) is 4.98 Å². The van der Waals surface area contributed by atoms with E-state index < -0.39 is 0 Å². The number of hydrogen-bond donors (Lipinski definition) is 1. The van der Waals surface area contributed by atoms with Crippen molar-refractivity contribution in [1.29, 1.82) is 0 Å². The predicted molar refractivity (Wildman–Crippen MR) is 64.0 cm³/mol. The van der Waals surface area contributed by atoms with E-state index in [1.165, 1.54) is 5.56 Å². The number of hydrogen-bond acceptors (Lipinski definition) is 4. The first-order valence-corrected chi connectivity index (χ1v) is 5.62. The minimum Gasteiger partial charge on any atom is -0.384 e. The van der Waals surface area contributed by atoms with Gasteiger partial charge in [0.25, 0.3) is 0 Å². The van der Waals surface area contributed by atoms with Gasteiger partial charge in [-0.15, -0.1) is 0 Å². The van der Waals surface area contributed by atoms with Gasteiger partial charge in [-0.05, 0) is 25.5 Å². The Balaban J connectivity index is 1.97. The summed E-state index contributed by atoms with van der Waals surface area (Å²) >= 11 is 0. The minimum atomic E-state index is -0.0422. The lowest BCUT2D eigenvalue weighted by Crippen LogP contribution is -2.47. The molecule has 0 aliphatic carbocycles. The molecule has 0 bridgehead atoms. The van der Waals surface area contributed by atoms with E-state index in [0.717, 1.165) is 26.2 Å². The van der Waals surface area contributed by atoms with Gasteiger partial charge in [0.15, 0.2) is 0 Å². The number of morpholine rings is 1. The molecule has 2 rings (SSSR count). The third-order valence-corrected chi connectivity index (χ3v) is 2.76. The fourth-order valence-electron chi connectivity index (χ4n) is 2.04. The van der Waals surface area contributed by atoms with Crippen LogP contribution in [-0.2, 0) is 11.3 Å². The van der Waals surface area contributed by atoms with Crippen molar-refractivity contribution in [2.24, 2.45) is 0 Å². The van der Waals surface area contributed by atoms with E-state index in [-0.39, 0.29) is 5.60 Å². The number of pyridine rings is 1. The van der Waals surface area contributed by atoms with Crippen LogP contribution in [0, 0.1) is 0 Å². The highest BCUT2D eigenvalue weighted by Gasteiger charge is 2.26. The summed E-state index contributed by atoms with van der Waals surface area (Å²) in [6, 6.07) is 3.88. The van der Waals surface area contributed by atoms with Crippen LogP contribution in [0.5, 0.6) is 0 Å². The normalized spacial score (nSPS) is 20.9. The summed E-state index contributed by atoms with van der Waals surface area (Å²) in [7, 11) is 0. The fourth-order valence-corrected chi connectivity index (χ4v) is 2.04. The lowest BCUT2D eigenvalue weighted by molar-refractivity contribution is -0.0882. The molecule has 1 aromatic heterocycles. The molecule has 0 aromatic carbocycles. The molecule has 1 saturated heterocycles. The van der Waals surface area contributed by atoms with Crippen molar-refractivity contribution in [2.75, 3.05) is 25.4 Å². The van der Waals surface area contributed by atoms with Crippen molar-refractivity contribution < 1.29 is 4.74 Å². The predicted octanol–water partition coefficient (Wildman–Crippen LogP) is 1.27. The van der Waals surface area contributed by atoms with Gasteiger partial charge >= 0.3 is 0 Å². The first-order valence-electron chi connectivity index (χ1n) is 5.62. The molecule has 2 N–H and O–H groups in total. The standard InChI is InChI=1S/C12H19N3O/c1-12(2)9-15(5-6-16-12)8-10-3-4-11(13)14-7-10/h3-4,7H,5-6,8-9H2,1-2H3,(H2,13,14). The average Bonchev–Trinajstić information content (AvgIpc) is 2.20. The molecule has 1 fully saturated rings. The Hall–Kier alpha value is -1.13. The summed E-state index contributed by atoms with van der Waals surface area (Å²) in [5.74, 6) is 0.575. The molecule has 1 aliphatic heterocycles. The van der Waals surface area contributed by atoms with Crippen molar-refractivity contribution in [3.8, 4) is 0 Å². The number of rotatable bonds is 2. The molecule has 0 spiro atoms. The van der Waals surface area contributed by atoms with Crippen LogP contribution in [0.15, 0.2) is 18.3 Å². The summed E-state index contributed by atoms with van der Waals surface area (Å²) in [5, 5.41) is 0. The van der Waals surface area contributed by atoms with E-state index in [1.807, 2.05) is 18.3 Å². The topological polar surface area (TPSA) is 51.4 Å². The minimum absolute atomic E-state index is 0.0422. The van der Waals surface area contributed by atoms with Gasteiger partial charge in [-0.2, -0.15) is 0 Å². The first-order chi connectivity index (χ1) is 7.55. The maximum Gasteiger partial charge on any atom is 0.123 e. The second-order valence-corrected chi connectivity index (χ2v) is 4.91. The van der Waals surface area contributed by atoms with Crippen LogP contribution in [0.25, 0.3) is 0 Å². The van der Waals surface area contributed by atoms with Crippen molar-refractivity contribution in [3.05, 3.63) is 23.9 Å². The zero-order chi connectivity index (χ0) is 11.6. The molecule has 0 saturated carbocycles. The zero-order valence-corrected chi connectivity index (χ0v) is 9.94. The van der Waals surface area contributed by atoms with Crippen LogP contribution in [0.4, 0.5) is 5.82 Å². The molecule has 1 aliphatic rings. The van der Waals surface area contributed by atoms with Gasteiger partial charge in [0.2, 0.25) is 0 Å². The van der Waals surface area contributed by atoms with E-state index in [1.54, 1.807) is 0 Å². The van der Waals surface area contributed by atoms with E-state index in [2.05, 4.69) is 23.7 Å². The average molecular weight is 221 g/mol. The molecule has 88 valence electrons. The molecule has 1 aromatic rings. The molecule has 0 amide bonds. The quantitative estimate of drug-likeness (QED) is 0.817. The Morgan fingerprint density at radius 1 is 1.50 bits per heavy atom. The van der Waals surface area contributed by atoms with Crippen molar-refractivity contribution in [3.63, 3.8) is 0 Å². The first kappa shape index (κ1) is 11.4. The Labute approximate surface area is 96.4 Å². The lowest BCUT2D eigenvalue weighted by atomic mass is 10.1. The van der Waals surface area contributed by atoms with Crippen LogP contribution in [0.1, 0.15) is 19.4 Å². The highest BCUT2D eigenvalue weighted by Crippen LogP contribution is 2.18. The van der Waals surface area contributed by atoms with Gasteiger partial charge in [0.1, 0.15) is 5.82 Å². The summed E-state index contributed by atoms with van der Waals surface area (Å²) in [6.45, 7) is 7.90. The lowest BCUT2D eigenvalue weighted by Gasteiger charge is -2.38. The maximum absolute atomic E-state index is 5.68. The molecule has 4 nitrogen and oxygen atoms in total. The Morgan fingerprint density at radius 2 is 2.31 bits per heavy atom. The molecule has 2 heterocycles. The molecule has 0 atom stereocenters. The zero-order valence-electron chi connectivity index (χ0n) is 9.94. The molecular formula is C12H19N3O. The third kappa shape index (κ3) is 2.93. The Kier molecular flexibility index (Phi) is 3.12. The number of nitrogen functional groups attached to an aromatic ring is 1. The van der Waals surface area contributed by atoms with Crippen molar-refractivity contribution in [2.45, 2.75) is 26.0 Å². The van der Waals surface area contributed by atoms with Crippen molar-refractivity contribution >= 4 is 5.82 Å². The number of anilines is 1. The largest absolute Gasteiger partial charge is 0.384 e. The van der Waals surface area contributed by atoms with E-state index in [0.29, 0.717) is 5.82 Å². The van der Waals surface area contributed by atoms with Gasteiger partial charge in [0, 0.05) is 25.8 Å².